The van der Waals surface area contributed by atoms with Gasteiger partial charge in [-0.05, 0) is 66.2 Å². The van der Waals surface area contributed by atoms with Crippen LogP contribution in [-0.4, -0.2) is 31.0 Å². The summed E-state index contributed by atoms with van der Waals surface area (Å²) in [5.74, 6) is 0.839. The molecular formula is C26H25N3O. The topological polar surface area (TPSA) is 30.3 Å². The number of rotatable bonds is 6. The number of benzene rings is 3. The van der Waals surface area contributed by atoms with E-state index in [0.29, 0.717) is 0 Å². The van der Waals surface area contributed by atoms with Gasteiger partial charge >= 0.3 is 0 Å². The molecule has 0 spiro atoms. The molecule has 4 rings (SSSR count). The molecule has 0 aliphatic rings. The lowest BCUT2D eigenvalue weighted by Crippen LogP contribution is -2.07. The maximum absolute atomic E-state index is 5.30. The minimum Gasteiger partial charge on any atom is -0.497 e. The maximum Gasteiger partial charge on any atom is 0.118 e. The second-order valence-corrected chi connectivity index (χ2v) is 7.25. The number of para-hydroxylation sites is 1. The van der Waals surface area contributed by atoms with Gasteiger partial charge in [0.25, 0.3) is 0 Å². The summed E-state index contributed by atoms with van der Waals surface area (Å²) in [5.41, 5.74) is 6.37. The van der Waals surface area contributed by atoms with Crippen molar-refractivity contribution in [3.63, 3.8) is 0 Å². The van der Waals surface area contributed by atoms with Crippen molar-refractivity contribution in [3.8, 4) is 22.7 Å². The average Bonchev–Trinajstić information content (AvgIpc) is 3.23. The van der Waals surface area contributed by atoms with Gasteiger partial charge in [-0.1, -0.05) is 36.4 Å². The third-order valence-corrected chi connectivity index (χ3v) is 4.97. The number of anilines is 1. The Kier molecular flexibility index (Phi) is 5.66. The summed E-state index contributed by atoms with van der Waals surface area (Å²) in [7, 11) is 5.76. The minimum absolute atomic E-state index is 0.839. The van der Waals surface area contributed by atoms with E-state index in [0.717, 1.165) is 34.0 Å². The number of hydrogen-bond acceptors (Lipinski definition) is 3. The van der Waals surface area contributed by atoms with E-state index in [4.69, 9.17) is 9.84 Å². The van der Waals surface area contributed by atoms with Gasteiger partial charge in [-0.15, -0.1) is 0 Å². The van der Waals surface area contributed by atoms with E-state index in [9.17, 15) is 0 Å². The fourth-order valence-electron chi connectivity index (χ4n) is 3.28. The third kappa shape index (κ3) is 4.28. The fourth-order valence-corrected chi connectivity index (χ4v) is 3.28. The summed E-state index contributed by atoms with van der Waals surface area (Å²) in [6, 6.07) is 28.8. The first-order chi connectivity index (χ1) is 14.6. The van der Waals surface area contributed by atoms with Crippen LogP contribution in [0.15, 0.2) is 84.9 Å². The molecule has 0 aliphatic heterocycles. The highest BCUT2D eigenvalue weighted by molar-refractivity contribution is 5.73. The predicted molar refractivity (Wildman–Crippen MR) is 125 cm³/mol. The molecule has 0 saturated carbocycles. The number of ether oxygens (including phenoxy) is 1. The molecule has 0 N–H and O–H groups in total. The van der Waals surface area contributed by atoms with Crippen molar-refractivity contribution in [2.75, 3.05) is 26.1 Å². The molecule has 0 atom stereocenters. The second-order valence-electron chi connectivity index (χ2n) is 7.25. The van der Waals surface area contributed by atoms with Crippen molar-refractivity contribution >= 4 is 17.8 Å². The zero-order valence-electron chi connectivity index (χ0n) is 17.5. The zero-order chi connectivity index (χ0) is 20.9. The van der Waals surface area contributed by atoms with Gasteiger partial charge in [0, 0.05) is 25.3 Å². The van der Waals surface area contributed by atoms with Gasteiger partial charge in [-0.3, -0.25) is 0 Å². The lowest BCUT2D eigenvalue weighted by atomic mass is 10.1. The largest absolute Gasteiger partial charge is 0.497 e. The molecule has 1 aromatic heterocycles. The van der Waals surface area contributed by atoms with Crippen molar-refractivity contribution in [1.29, 1.82) is 0 Å². The molecule has 0 saturated heterocycles. The highest BCUT2D eigenvalue weighted by Gasteiger charge is 2.11. The molecule has 30 heavy (non-hydrogen) atoms. The van der Waals surface area contributed by atoms with Gasteiger partial charge in [0.2, 0.25) is 0 Å². The molecule has 4 heteroatoms. The summed E-state index contributed by atoms with van der Waals surface area (Å²) in [4.78, 5) is 2.09. The Labute approximate surface area is 177 Å². The molecule has 4 nitrogen and oxygen atoms in total. The van der Waals surface area contributed by atoms with Gasteiger partial charge < -0.3 is 9.64 Å². The van der Waals surface area contributed by atoms with Crippen LogP contribution in [-0.2, 0) is 0 Å². The quantitative estimate of drug-likeness (QED) is 0.414. The van der Waals surface area contributed by atoms with Crippen LogP contribution in [0.25, 0.3) is 29.1 Å². The normalized spacial score (nSPS) is 11.0. The summed E-state index contributed by atoms with van der Waals surface area (Å²) in [6.45, 7) is 0. The predicted octanol–water partition coefficient (Wildman–Crippen LogP) is 5.78. The Morgan fingerprint density at radius 2 is 1.53 bits per heavy atom. The van der Waals surface area contributed by atoms with Gasteiger partial charge in [0.1, 0.15) is 5.75 Å². The van der Waals surface area contributed by atoms with E-state index < -0.39 is 0 Å². The number of aromatic nitrogens is 2. The molecule has 0 amide bonds. The van der Waals surface area contributed by atoms with Crippen molar-refractivity contribution in [2.24, 2.45) is 0 Å². The molecule has 0 unspecified atom stereocenters. The van der Waals surface area contributed by atoms with E-state index >= 15 is 0 Å². The highest BCUT2D eigenvalue weighted by Crippen LogP contribution is 2.27. The SMILES string of the molecule is COc1ccc(-c2cc(C=Cc3ccc(N(C)C)cc3)nn2-c2ccccc2)cc1. The van der Waals surface area contributed by atoms with Crippen molar-refractivity contribution in [2.45, 2.75) is 0 Å². The van der Waals surface area contributed by atoms with Crippen LogP contribution in [0.1, 0.15) is 11.3 Å². The van der Waals surface area contributed by atoms with E-state index in [1.54, 1.807) is 7.11 Å². The Bertz CT molecular complexity index is 1130. The van der Waals surface area contributed by atoms with Gasteiger partial charge in [0.05, 0.1) is 24.2 Å². The number of nitrogens with zero attached hydrogens (tertiary/aromatic N) is 3. The Balaban J connectivity index is 1.69. The number of hydrogen-bond donors (Lipinski definition) is 0. The van der Waals surface area contributed by atoms with Crippen LogP contribution >= 0.6 is 0 Å². The van der Waals surface area contributed by atoms with Crippen LogP contribution in [0.5, 0.6) is 5.75 Å². The molecule has 150 valence electrons. The van der Waals surface area contributed by atoms with E-state index in [2.05, 4.69) is 71.6 Å². The summed E-state index contributed by atoms with van der Waals surface area (Å²) >= 11 is 0. The van der Waals surface area contributed by atoms with Crippen LogP contribution in [0.3, 0.4) is 0 Å². The Morgan fingerprint density at radius 1 is 0.833 bits per heavy atom. The second kappa shape index (κ2) is 8.70. The minimum atomic E-state index is 0.839. The molecule has 3 aromatic carbocycles. The Hall–Kier alpha value is -3.79. The van der Waals surface area contributed by atoms with Gasteiger partial charge in [-0.2, -0.15) is 5.10 Å². The first kappa shape index (κ1) is 19.5. The van der Waals surface area contributed by atoms with Crippen LogP contribution in [0, 0.1) is 0 Å². The Morgan fingerprint density at radius 3 is 2.17 bits per heavy atom. The smallest absolute Gasteiger partial charge is 0.118 e. The van der Waals surface area contributed by atoms with E-state index in [1.807, 2.05) is 49.1 Å². The molecule has 0 fully saturated rings. The first-order valence-corrected chi connectivity index (χ1v) is 9.89. The summed E-state index contributed by atoms with van der Waals surface area (Å²) in [6.07, 6.45) is 4.14. The summed E-state index contributed by atoms with van der Waals surface area (Å²) < 4.78 is 7.28. The monoisotopic (exact) mass is 395 g/mol. The molecule has 4 aromatic rings. The molecule has 0 radical (unpaired) electrons. The average molecular weight is 396 g/mol. The van der Waals surface area contributed by atoms with E-state index in [1.165, 1.54) is 5.69 Å². The lowest BCUT2D eigenvalue weighted by Gasteiger charge is -2.11. The van der Waals surface area contributed by atoms with Gasteiger partial charge in [-0.25, -0.2) is 4.68 Å². The van der Waals surface area contributed by atoms with Crippen molar-refractivity contribution in [3.05, 3.63) is 96.2 Å². The zero-order valence-corrected chi connectivity index (χ0v) is 17.5. The molecule has 0 aliphatic carbocycles. The van der Waals surface area contributed by atoms with Crippen LogP contribution in [0.2, 0.25) is 0 Å². The maximum atomic E-state index is 5.30. The van der Waals surface area contributed by atoms with Crippen LogP contribution < -0.4 is 9.64 Å². The summed E-state index contributed by atoms with van der Waals surface area (Å²) in [5, 5.41) is 4.85. The van der Waals surface area contributed by atoms with Crippen molar-refractivity contribution < 1.29 is 4.74 Å². The van der Waals surface area contributed by atoms with E-state index in [-0.39, 0.29) is 0 Å². The van der Waals surface area contributed by atoms with Crippen LogP contribution in [0.4, 0.5) is 5.69 Å². The number of methoxy groups -OCH3 is 1. The standard InChI is InChI=1S/C26H25N3O/c1-28(2)23-15-10-20(11-16-23)9-14-22-19-26(21-12-17-25(30-3)18-13-21)29(27-22)24-7-5-4-6-8-24/h4-19H,1-3H3. The molecule has 1 heterocycles. The fraction of sp³-hybridized carbons (Fsp3) is 0.115. The molecule has 0 bridgehead atoms. The third-order valence-electron chi connectivity index (χ3n) is 4.97. The van der Waals surface area contributed by atoms with Gasteiger partial charge in [0.15, 0.2) is 0 Å². The first-order valence-electron chi connectivity index (χ1n) is 9.89. The highest BCUT2D eigenvalue weighted by atomic mass is 16.5. The van der Waals surface area contributed by atoms with Crippen molar-refractivity contribution in [1.82, 2.24) is 9.78 Å². The lowest BCUT2D eigenvalue weighted by molar-refractivity contribution is 0.415. The molecular weight excluding hydrogens is 370 g/mol.